The van der Waals surface area contributed by atoms with E-state index in [1.807, 2.05) is 0 Å². The summed E-state index contributed by atoms with van der Waals surface area (Å²) < 4.78 is 6.29. The first-order valence-corrected chi connectivity index (χ1v) is 4.64. The number of ether oxygens (including phenoxy) is 1. The zero-order valence-electron chi connectivity index (χ0n) is 8.67. The van der Waals surface area contributed by atoms with Crippen molar-refractivity contribution in [2.45, 2.75) is 6.42 Å². The van der Waals surface area contributed by atoms with Gasteiger partial charge >= 0.3 is 5.97 Å². The number of esters is 1. The first-order valence-electron chi connectivity index (χ1n) is 4.64. The molecule has 0 aliphatic rings. The third-order valence-electron chi connectivity index (χ3n) is 1.99. The number of nitrogens with zero attached hydrogens (tertiary/aromatic N) is 3. The van der Waals surface area contributed by atoms with Gasteiger partial charge in [0.1, 0.15) is 12.1 Å². The Kier molecular flexibility index (Phi) is 2.83. The van der Waals surface area contributed by atoms with Crippen LogP contribution in [0.2, 0.25) is 0 Å². The van der Waals surface area contributed by atoms with Crippen molar-refractivity contribution in [3.63, 3.8) is 0 Å². The first-order chi connectivity index (χ1) is 7.81. The average Bonchev–Trinajstić information content (AvgIpc) is 2.73. The fourth-order valence-electron chi connectivity index (χ4n) is 1.21. The number of fused-ring (bicyclic) bond motifs is 1. The van der Waals surface area contributed by atoms with Crippen molar-refractivity contribution in [1.29, 1.82) is 0 Å². The molecule has 0 spiro atoms. The number of carbonyl (C=O) groups is 1. The average molecular weight is 215 g/mol. The van der Waals surface area contributed by atoms with Crippen LogP contribution < -0.4 is 0 Å². The third-order valence-corrected chi connectivity index (χ3v) is 1.99. The lowest BCUT2D eigenvalue weighted by atomic mass is 10.4. The molecule has 0 bridgehead atoms. The Labute approximate surface area is 92.1 Å². The van der Waals surface area contributed by atoms with Crippen molar-refractivity contribution < 1.29 is 9.53 Å². The summed E-state index contributed by atoms with van der Waals surface area (Å²) in [5, 5.41) is 0. The maximum absolute atomic E-state index is 10.8. The molecule has 0 aliphatic carbocycles. The number of imidazole rings is 1. The van der Waals surface area contributed by atoms with Crippen molar-refractivity contribution in [2.75, 3.05) is 7.11 Å². The van der Waals surface area contributed by atoms with E-state index in [0.717, 1.165) is 11.3 Å². The largest absolute Gasteiger partial charge is 0.468 e. The molecular weight excluding hydrogens is 206 g/mol. The molecule has 16 heavy (non-hydrogen) atoms. The molecule has 2 heterocycles. The lowest BCUT2D eigenvalue weighted by Gasteiger charge is -1.92. The minimum atomic E-state index is -0.344. The fourth-order valence-corrected chi connectivity index (χ4v) is 1.21. The van der Waals surface area contributed by atoms with Gasteiger partial charge in [0, 0.05) is 12.4 Å². The molecule has 0 aliphatic heterocycles. The normalized spacial score (nSPS) is 9.56. The van der Waals surface area contributed by atoms with E-state index in [4.69, 9.17) is 0 Å². The van der Waals surface area contributed by atoms with E-state index in [9.17, 15) is 4.79 Å². The molecule has 80 valence electrons. The van der Waals surface area contributed by atoms with Crippen molar-refractivity contribution in [1.82, 2.24) is 14.4 Å². The molecule has 2 aromatic rings. The maximum atomic E-state index is 10.8. The van der Waals surface area contributed by atoms with E-state index in [1.54, 1.807) is 29.2 Å². The number of rotatable bonds is 1. The Balaban J connectivity index is 2.24. The topological polar surface area (TPSA) is 56.5 Å². The Morgan fingerprint density at radius 2 is 2.44 bits per heavy atom. The highest BCUT2D eigenvalue weighted by molar-refractivity contribution is 5.72. The lowest BCUT2D eigenvalue weighted by molar-refractivity contribution is -0.139. The quantitative estimate of drug-likeness (QED) is 0.517. The summed E-state index contributed by atoms with van der Waals surface area (Å²) in [5.41, 5.74) is 1.45. The van der Waals surface area contributed by atoms with Crippen LogP contribution in [-0.2, 0) is 9.53 Å². The Bertz CT molecular complexity index is 577. The van der Waals surface area contributed by atoms with Crippen LogP contribution in [0.4, 0.5) is 0 Å². The fraction of sp³-hybridized carbons (Fsp3) is 0.182. The van der Waals surface area contributed by atoms with Crippen LogP contribution in [0.25, 0.3) is 5.65 Å². The van der Waals surface area contributed by atoms with Gasteiger partial charge < -0.3 is 4.74 Å². The SMILES string of the molecule is COC(=O)CC#Cc1cnc2cnccn12. The van der Waals surface area contributed by atoms with Gasteiger partial charge in [0.2, 0.25) is 0 Å². The first kappa shape index (κ1) is 10.2. The molecule has 5 nitrogen and oxygen atoms in total. The Morgan fingerprint density at radius 3 is 3.25 bits per heavy atom. The molecule has 0 aromatic carbocycles. The monoisotopic (exact) mass is 215 g/mol. The van der Waals surface area contributed by atoms with Crippen molar-refractivity contribution in [2.24, 2.45) is 0 Å². The zero-order chi connectivity index (χ0) is 11.4. The predicted octanol–water partition coefficient (Wildman–Crippen LogP) is 0.644. The summed E-state index contributed by atoms with van der Waals surface area (Å²) in [6, 6.07) is 0. The van der Waals surface area contributed by atoms with Crippen LogP contribution in [0.15, 0.2) is 24.8 Å². The summed E-state index contributed by atoms with van der Waals surface area (Å²) in [4.78, 5) is 18.9. The molecule has 0 atom stereocenters. The predicted molar refractivity (Wildman–Crippen MR) is 56.5 cm³/mol. The molecule has 0 N–H and O–H groups in total. The van der Waals surface area contributed by atoms with Gasteiger partial charge in [-0.25, -0.2) is 4.98 Å². The van der Waals surface area contributed by atoms with E-state index in [1.165, 1.54) is 7.11 Å². The number of hydrogen-bond donors (Lipinski definition) is 0. The lowest BCUT2D eigenvalue weighted by Crippen LogP contribution is -1.97. The number of carbonyl (C=O) groups excluding carboxylic acids is 1. The second kappa shape index (κ2) is 4.45. The molecule has 0 saturated heterocycles. The van der Waals surface area contributed by atoms with Gasteiger partial charge in [-0.15, -0.1) is 0 Å². The van der Waals surface area contributed by atoms with Crippen molar-refractivity contribution in [3.05, 3.63) is 30.5 Å². The van der Waals surface area contributed by atoms with Gasteiger partial charge in [-0.1, -0.05) is 5.92 Å². The Hall–Kier alpha value is -2.35. The molecule has 0 fully saturated rings. The molecule has 2 rings (SSSR count). The standard InChI is InChI=1S/C11H9N3O2/c1-16-11(15)4-2-3-9-7-13-10-8-12-5-6-14(9)10/h5-8H,4H2,1H3. The Morgan fingerprint density at radius 1 is 1.56 bits per heavy atom. The van der Waals surface area contributed by atoms with Gasteiger partial charge in [0.25, 0.3) is 0 Å². The minimum Gasteiger partial charge on any atom is -0.468 e. The van der Waals surface area contributed by atoms with Crippen LogP contribution in [0.3, 0.4) is 0 Å². The molecular formula is C11H9N3O2. The number of aromatic nitrogens is 3. The number of methoxy groups -OCH3 is 1. The van der Waals surface area contributed by atoms with Crippen LogP contribution in [0.1, 0.15) is 12.1 Å². The highest BCUT2D eigenvalue weighted by Crippen LogP contribution is 2.02. The highest BCUT2D eigenvalue weighted by atomic mass is 16.5. The van der Waals surface area contributed by atoms with Crippen LogP contribution in [0, 0.1) is 11.8 Å². The molecule has 0 unspecified atom stereocenters. The summed E-state index contributed by atoms with van der Waals surface area (Å²) >= 11 is 0. The highest BCUT2D eigenvalue weighted by Gasteiger charge is 1.99. The number of hydrogen-bond acceptors (Lipinski definition) is 4. The summed E-state index contributed by atoms with van der Waals surface area (Å²) in [5.74, 6) is 5.24. The van der Waals surface area contributed by atoms with Gasteiger partial charge in [-0.05, 0) is 5.92 Å². The van der Waals surface area contributed by atoms with E-state index in [0.29, 0.717) is 0 Å². The van der Waals surface area contributed by atoms with E-state index >= 15 is 0 Å². The summed E-state index contributed by atoms with van der Waals surface area (Å²) in [6.07, 6.45) is 6.78. The molecule has 2 aromatic heterocycles. The smallest absolute Gasteiger partial charge is 0.317 e. The van der Waals surface area contributed by atoms with Crippen LogP contribution >= 0.6 is 0 Å². The van der Waals surface area contributed by atoms with Crippen molar-refractivity contribution >= 4 is 11.6 Å². The van der Waals surface area contributed by atoms with Crippen LogP contribution in [0.5, 0.6) is 0 Å². The molecule has 5 heteroatoms. The second-order valence-electron chi connectivity index (χ2n) is 3.00. The molecule has 0 saturated carbocycles. The van der Waals surface area contributed by atoms with E-state index < -0.39 is 0 Å². The second-order valence-corrected chi connectivity index (χ2v) is 3.00. The van der Waals surface area contributed by atoms with Gasteiger partial charge in [-0.3, -0.25) is 14.2 Å². The summed E-state index contributed by atoms with van der Waals surface area (Å²) in [6.45, 7) is 0. The van der Waals surface area contributed by atoms with Gasteiger partial charge in [0.15, 0.2) is 5.65 Å². The van der Waals surface area contributed by atoms with E-state index in [2.05, 4.69) is 26.5 Å². The van der Waals surface area contributed by atoms with Gasteiger partial charge in [0.05, 0.1) is 19.5 Å². The molecule has 0 amide bonds. The van der Waals surface area contributed by atoms with E-state index in [-0.39, 0.29) is 12.4 Å². The maximum Gasteiger partial charge on any atom is 0.317 e. The minimum absolute atomic E-state index is 0.0782. The summed E-state index contributed by atoms with van der Waals surface area (Å²) in [7, 11) is 1.34. The third kappa shape index (κ3) is 2.01. The molecule has 0 radical (unpaired) electrons. The van der Waals surface area contributed by atoms with Gasteiger partial charge in [-0.2, -0.15) is 0 Å². The zero-order valence-corrected chi connectivity index (χ0v) is 8.67. The van der Waals surface area contributed by atoms with Crippen molar-refractivity contribution in [3.8, 4) is 11.8 Å². The van der Waals surface area contributed by atoms with Crippen LogP contribution in [-0.4, -0.2) is 27.4 Å².